The molecule has 0 aromatic carbocycles. The van der Waals surface area contributed by atoms with Gasteiger partial charge >= 0.3 is 5.97 Å². The van der Waals surface area contributed by atoms with Gasteiger partial charge in [-0.15, -0.1) is 0 Å². The number of carboxylic acids is 1. The normalized spacial score (nSPS) is 18.3. The molecule has 1 aliphatic rings. The van der Waals surface area contributed by atoms with Gasteiger partial charge in [0.25, 0.3) is 0 Å². The third-order valence-electron chi connectivity index (χ3n) is 3.88. The molecule has 0 radical (unpaired) electrons. The highest BCUT2D eigenvalue weighted by Gasteiger charge is 2.28. The zero-order chi connectivity index (χ0) is 17.7. The average molecular weight is 356 g/mol. The van der Waals surface area contributed by atoms with Gasteiger partial charge in [-0.1, -0.05) is 24.9 Å². The molecule has 1 aromatic rings. The van der Waals surface area contributed by atoms with Crippen molar-refractivity contribution in [2.24, 2.45) is 0 Å². The van der Waals surface area contributed by atoms with Crippen molar-refractivity contribution in [3.05, 3.63) is 22.5 Å². The lowest BCUT2D eigenvalue weighted by Gasteiger charge is -2.30. The number of carbonyl (C=O) groups excluding carboxylic acids is 1. The fourth-order valence-corrected chi connectivity index (χ4v) is 2.79. The molecule has 0 saturated carbocycles. The largest absolute Gasteiger partial charge is 0.479 e. The van der Waals surface area contributed by atoms with Gasteiger partial charge in [0.1, 0.15) is 5.15 Å². The Labute approximate surface area is 145 Å². The zero-order valence-electron chi connectivity index (χ0n) is 13.9. The Morgan fingerprint density at radius 3 is 2.92 bits per heavy atom. The van der Waals surface area contributed by atoms with Crippen molar-refractivity contribution >= 4 is 29.6 Å². The van der Waals surface area contributed by atoms with E-state index >= 15 is 0 Å². The minimum atomic E-state index is -1.06. The van der Waals surface area contributed by atoms with Gasteiger partial charge in [0.15, 0.2) is 6.10 Å². The molecule has 1 atom stereocenters. The van der Waals surface area contributed by atoms with Crippen LogP contribution in [-0.2, 0) is 20.9 Å². The monoisotopic (exact) mass is 355 g/mol. The summed E-state index contributed by atoms with van der Waals surface area (Å²) in [6, 6.07) is 0. The molecular formula is C16H22ClN3O4. The molecule has 1 N–H and O–H groups in total. The minimum Gasteiger partial charge on any atom is -0.479 e. The predicted molar refractivity (Wildman–Crippen MR) is 89.9 cm³/mol. The molecule has 132 valence electrons. The number of amides is 1. The molecule has 1 amide bonds. The first-order valence-corrected chi connectivity index (χ1v) is 8.36. The highest BCUT2D eigenvalue weighted by molar-refractivity contribution is 6.31. The van der Waals surface area contributed by atoms with Crippen LogP contribution < -0.4 is 0 Å². The Morgan fingerprint density at radius 1 is 1.50 bits per heavy atom. The van der Waals surface area contributed by atoms with E-state index in [9.17, 15) is 9.59 Å². The summed E-state index contributed by atoms with van der Waals surface area (Å²) in [7, 11) is 0. The average Bonchev–Trinajstić information content (AvgIpc) is 2.84. The summed E-state index contributed by atoms with van der Waals surface area (Å²) >= 11 is 6.33. The molecule has 1 aliphatic heterocycles. The highest BCUT2D eigenvalue weighted by Crippen LogP contribution is 2.22. The van der Waals surface area contributed by atoms with Crippen LogP contribution in [-0.4, -0.2) is 57.5 Å². The highest BCUT2D eigenvalue weighted by atomic mass is 35.5. The lowest BCUT2D eigenvalue weighted by atomic mass is 10.2. The number of unbranched alkanes of at least 4 members (excludes halogenated alkanes) is 1. The van der Waals surface area contributed by atoms with Crippen molar-refractivity contribution in [2.75, 3.05) is 19.7 Å². The van der Waals surface area contributed by atoms with Crippen molar-refractivity contribution in [3.63, 3.8) is 0 Å². The number of hydrogen-bond donors (Lipinski definition) is 1. The second-order valence-electron chi connectivity index (χ2n) is 5.68. The summed E-state index contributed by atoms with van der Waals surface area (Å²) in [5.41, 5.74) is 1.47. The van der Waals surface area contributed by atoms with Gasteiger partial charge in [-0.05, 0) is 19.4 Å². The Kier molecular flexibility index (Phi) is 6.39. The Balaban J connectivity index is 2.06. The molecule has 2 heterocycles. The summed E-state index contributed by atoms with van der Waals surface area (Å²) in [5, 5.41) is 13.9. The third-order valence-corrected chi connectivity index (χ3v) is 4.28. The van der Waals surface area contributed by atoms with Crippen LogP contribution in [0.1, 0.15) is 31.0 Å². The molecule has 24 heavy (non-hydrogen) atoms. The molecule has 0 aliphatic carbocycles. The number of morpholine rings is 1. The topological polar surface area (TPSA) is 84.7 Å². The predicted octanol–water partition coefficient (Wildman–Crippen LogP) is 1.97. The van der Waals surface area contributed by atoms with Gasteiger partial charge in [0.2, 0.25) is 5.91 Å². The number of carbonyl (C=O) groups is 2. The van der Waals surface area contributed by atoms with E-state index in [1.807, 2.05) is 6.92 Å². The second-order valence-corrected chi connectivity index (χ2v) is 6.04. The molecule has 1 unspecified atom stereocenters. The van der Waals surface area contributed by atoms with Crippen molar-refractivity contribution in [3.8, 4) is 0 Å². The van der Waals surface area contributed by atoms with Gasteiger partial charge in [-0.2, -0.15) is 5.10 Å². The molecule has 2 rings (SSSR count). The molecule has 0 bridgehead atoms. The van der Waals surface area contributed by atoms with E-state index in [0.29, 0.717) is 17.3 Å². The standard InChI is InChI=1S/C16H22ClN3O4/c1-3-4-7-20-15(17)12(11(2)18-20)5-6-14(21)19-8-9-24-13(10-19)16(22)23/h5-6,13H,3-4,7-10H2,1-2H3,(H,22,23)/b6-5+. The maximum Gasteiger partial charge on any atom is 0.334 e. The number of rotatable bonds is 6. The van der Waals surface area contributed by atoms with Gasteiger partial charge in [0, 0.05) is 24.7 Å². The molecule has 1 fully saturated rings. The molecule has 8 heteroatoms. The maximum atomic E-state index is 12.3. The van der Waals surface area contributed by atoms with Crippen LogP contribution in [0.3, 0.4) is 0 Å². The first-order chi connectivity index (χ1) is 11.4. The first kappa shape index (κ1) is 18.5. The van der Waals surface area contributed by atoms with E-state index in [2.05, 4.69) is 12.0 Å². The lowest BCUT2D eigenvalue weighted by Crippen LogP contribution is -2.48. The van der Waals surface area contributed by atoms with Crippen LogP contribution >= 0.6 is 11.6 Å². The Bertz CT molecular complexity index is 642. The van der Waals surface area contributed by atoms with Gasteiger partial charge < -0.3 is 14.7 Å². The first-order valence-electron chi connectivity index (χ1n) is 7.98. The minimum absolute atomic E-state index is 0.0426. The second kappa shape index (κ2) is 8.30. The van der Waals surface area contributed by atoms with E-state index in [0.717, 1.165) is 25.1 Å². The number of carboxylic acid groups (broad SMARTS) is 1. The summed E-state index contributed by atoms with van der Waals surface area (Å²) in [6.45, 7) is 5.30. The number of aryl methyl sites for hydroxylation is 2. The summed E-state index contributed by atoms with van der Waals surface area (Å²) in [5.74, 6) is -1.33. The van der Waals surface area contributed by atoms with Gasteiger partial charge in [-0.3, -0.25) is 9.48 Å². The number of aliphatic carboxylic acids is 1. The van der Waals surface area contributed by atoms with Crippen LogP contribution in [0.25, 0.3) is 6.08 Å². The molecule has 0 spiro atoms. The fourth-order valence-electron chi connectivity index (χ4n) is 2.47. The van der Waals surface area contributed by atoms with Crippen LogP contribution in [0, 0.1) is 6.92 Å². The quantitative estimate of drug-likeness (QED) is 0.788. The number of ether oxygens (including phenoxy) is 1. The fraction of sp³-hybridized carbons (Fsp3) is 0.562. The summed E-state index contributed by atoms with van der Waals surface area (Å²) in [4.78, 5) is 24.7. The lowest BCUT2D eigenvalue weighted by molar-refractivity contribution is -0.158. The number of aromatic nitrogens is 2. The zero-order valence-corrected chi connectivity index (χ0v) is 14.6. The number of hydrogen-bond acceptors (Lipinski definition) is 4. The molecule has 1 saturated heterocycles. The smallest absolute Gasteiger partial charge is 0.334 e. The number of nitrogens with zero attached hydrogens (tertiary/aromatic N) is 3. The van der Waals surface area contributed by atoms with E-state index in [1.54, 1.807) is 10.8 Å². The van der Waals surface area contributed by atoms with Crippen LogP contribution in [0.4, 0.5) is 0 Å². The van der Waals surface area contributed by atoms with Crippen molar-refractivity contribution in [1.82, 2.24) is 14.7 Å². The van der Waals surface area contributed by atoms with E-state index in [1.165, 1.54) is 11.0 Å². The van der Waals surface area contributed by atoms with Crippen molar-refractivity contribution in [2.45, 2.75) is 39.3 Å². The summed E-state index contributed by atoms with van der Waals surface area (Å²) < 4.78 is 6.85. The van der Waals surface area contributed by atoms with Crippen molar-refractivity contribution in [1.29, 1.82) is 0 Å². The van der Waals surface area contributed by atoms with Crippen LogP contribution in [0.15, 0.2) is 6.08 Å². The van der Waals surface area contributed by atoms with E-state index in [-0.39, 0.29) is 19.1 Å². The Hall–Kier alpha value is -1.86. The van der Waals surface area contributed by atoms with Crippen LogP contribution in [0.5, 0.6) is 0 Å². The Morgan fingerprint density at radius 2 is 2.25 bits per heavy atom. The molecule has 7 nitrogen and oxygen atoms in total. The number of halogens is 1. The molecular weight excluding hydrogens is 334 g/mol. The maximum absolute atomic E-state index is 12.3. The SMILES string of the molecule is CCCCn1nc(C)c(/C=C/C(=O)N2CCOC(C(=O)O)C2)c1Cl. The molecule has 1 aromatic heterocycles. The van der Waals surface area contributed by atoms with Gasteiger partial charge in [0.05, 0.1) is 18.8 Å². The van der Waals surface area contributed by atoms with E-state index < -0.39 is 12.1 Å². The summed E-state index contributed by atoms with van der Waals surface area (Å²) in [6.07, 6.45) is 4.09. The van der Waals surface area contributed by atoms with Gasteiger partial charge in [-0.25, -0.2) is 4.79 Å². The van der Waals surface area contributed by atoms with Crippen molar-refractivity contribution < 1.29 is 19.4 Å². The third kappa shape index (κ3) is 4.36. The van der Waals surface area contributed by atoms with Crippen LogP contribution in [0.2, 0.25) is 5.15 Å². The van der Waals surface area contributed by atoms with E-state index in [4.69, 9.17) is 21.4 Å².